The highest BCUT2D eigenvalue weighted by Crippen LogP contribution is 2.30. The molecule has 0 radical (unpaired) electrons. The van der Waals surface area contributed by atoms with Crippen molar-refractivity contribution in [2.75, 3.05) is 5.32 Å². The monoisotopic (exact) mass is 444 g/mol. The molecular weight excluding hydrogens is 423 g/mol. The molecule has 0 spiro atoms. The molecule has 8 heteroatoms. The van der Waals surface area contributed by atoms with Gasteiger partial charge in [-0.1, -0.05) is 29.4 Å². The quantitative estimate of drug-likeness (QED) is 0.452. The Kier molecular flexibility index (Phi) is 5.34. The van der Waals surface area contributed by atoms with Gasteiger partial charge in [0.2, 0.25) is 5.91 Å². The summed E-state index contributed by atoms with van der Waals surface area (Å²) in [5.41, 5.74) is 3.07. The van der Waals surface area contributed by atoms with E-state index in [4.69, 9.17) is 4.52 Å². The number of pyridine rings is 1. The summed E-state index contributed by atoms with van der Waals surface area (Å²) in [5, 5.41) is 10.2. The lowest BCUT2D eigenvalue weighted by atomic mass is 10.0. The lowest BCUT2D eigenvalue weighted by molar-refractivity contribution is -0.117. The molecule has 1 aliphatic rings. The summed E-state index contributed by atoms with van der Waals surface area (Å²) < 4.78 is 19.6. The number of hydrogen-bond acceptors (Lipinski definition) is 5. The minimum absolute atomic E-state index is 0.0268. The number of nitrogens with zero attached hydrogens (tertiary/aromatic N) is 2. The summed E-state index contributed by atoms with van der Waals surface area (Å²) in [4.78, 5) is 29.5. The molecule has 1 fully saturated rings. The molecule has 5 rings (SSSR count). The van der Waals surface area contributed by atoms with Crippen molar-refractivity contribution in [3.8, 4) is 11.3 Å². The van der Waals surface area contributed by atoms with Gasteiger partial charge in [-0.15, -0.1) is 0 Å². The molecule has 0 unspecified atom stereocenters. The summed E-state index contributed by atoms with van der Waals surface area (Å²) in [5.74, 6) is -0.674. The highest BCUT2D eigenvalue weighted by Gasteiger charge is 2.29. The number of halogens is 1. The number of aromatic nitrogens is 2. The van der Waals surface area contributed by atoms with E-state index in [1.54, 1.807) is 31.2 Å². The maximum absolute atomic E-state index is 14.3. The predicted octanol–water partition coefficient (Wildman–Crippen LogP) is 4.62. The lowest BCUT2D eigenvalue weighted by Crippen LogP contribution is -2.23. The second-order valence-electron chi connectivity index (χ2n) is 8.13. The van der Waals surface area contributed by atoms with Crippen LogP contribution in [0.5, 0.6) is 0 Å². The van der Waals surface area contributed by atoms with Crippen LogP contribution in [0.2, 0.25) is 0 Å². The van der Waals surface area contributed by atoms with Gasteiger partial charge in [0.05, 0.1) is 22.3 Å². The van der Waals surface area contributed by atoms with Crippen LogP contribution < -0.4 is 10.6 Å². The Morgan fingerprint density at radius 2 is 1.94 bits per heavy atom. The maximum atomic E-state index is 14.3. The minimum Gasteiger partial charge on any atom is -0.348 e. The smallest absolute Gasteiger partial charge is 0.259 e. The summed E-state index contributed by atoms with van der Waals surface area (Å²) >= 11 is 0. The van der Waals surface area contributed by atoms with E-state index in [9.17, 15) is 14.0 Å². The van der Waals surface area contributed by atoms with Crippen LogP contribution in [0.3, 0.4) is 0 Å². The van der Waals surface area contributed by atoms with Gasteiger partial charge in [0.1, 0.15) is 5.82 Å². The van der Waals surface area contributed by atoms with Crippen molar-refractivity contribution in [1.29, 1.82) is 0 Å². The van der Waals surface area contributed by atoms with Crippen LogP contribution >= 0.6 is 0 Å². The van der Waals surface area contributed by atoms with Crippen molar-refractivity contribution in [2.24, 2.45) is 5.92 Å². The minimum atomic E-state index is -0.447. The van der Waals surface area contributed by atoms with E-state index in [-0.39, 0.29) is 41.2 Å². The highest BCUT2D eigenvalue weighted by molar-refractivity contribution is 6.07. The number of hydrogen-bond donors (Lipinski definition) is 2. The first kappa shape index (κ1) is 20.8. The third-order valence-corrected chi connectivity index (χ3v) is 5.61. The van der Waals surface area contributed by atoms with Crippen molar-refractivity contribution < 1.29 is 18.5 Å². The Morgan fingerprint density at radius 1 is 1.12 bits per heavy atom. The predicted molar refractivity (Wildman–Crippen MR) is 121 cm³/mol. The fraction of sp³-hybridized carbons (Fsp3) is 0.200. The van der Waals surface area contributed by atoms with Crippen molar-refractivity contribution in [1.82, 2.24) is 15.5 Å². The van der Waals surface area contributed by atoms with Gasteiger partial charge in [0.15, 0.2) is 0 Å². The van der Waals surface area contributed by atoms with Gasteiger partial charge in [-0.05, 0) is 55.7 Å². The van der Waals surface area contributed by atoms with Gasteiger partial charge in [-0.25, -0.2) is 9.37 Å². The van der Waals surface area contributed by atoms with Crippen LogP contribution in [0, 0.1) is 18.7 Å². The van der Waals surface area contributed by atoms with Crippen LogP contribution in [0.25, 0.3) is 22.4 Å². The summed E-state index contributed by atoms with van der Waals surface area (Å²) in [6, 6.07) is 15.1. The number of nitrogens with one attached hydrogen (secondary N) is 2. The molecule has 2 aromatic carbocycles. The third-order valence-electron chi connectivity index (χ3n) is 5.61. The van der Waals surface area contributed by atoms with E-state index >= 15 is 0 Å². The molecule has 7 nitrogen and oxygen atoms in total. The van der Waals surface area contributed by atoms with Crippen LogP contribution in [0.15, 0.2) is 59.1 Å². The Bertz CT molecular complexity index is 1380. The highest BCUT2D eigenvalue weighted by atomic mass is 19.1. The summed E-state index contributed by atoms with van der Waals surface area (Å²) in [6.45, 7) is 1.97. The SMILES string of the molecule is Cc1noc2nc(-c3ccccc3F)cc(C(=O)NCc3cccc(NC(=O)C4CC4)c3)c12. The zero-order valence-electron chi connectivity index (χ0n) is 17.9. The van der Waals surface area contributed by atoms with E-state index in [2.05, 4.69) is 20.8 Å². The average molecular weight is 444 g/mol. The molecule has 2 N–H and O–H groups in total. The van der Waals surface area contributed by atoms with Gasteiger partial charge in [0, 0.05) is 23.7 Å². The van der Waals surface area contributed by atoms with E-state index in [1.165, 1.54) is 6.07 Å². The van der Waals surface area contributed by atoms with Crippen molar-refractivity contribution in [2.45, 2.75) is 26.3 Å². The van der Waals surface area contributed by atoms with Crippen molar-refractivity contribution >= 4 is 28.6 Å². The molecule has 0 bridgehead atoms. The second kappa shape index (κ2) is 8.46. The fourth-order valence-corrected chi connectivity index (χ4v) is 3.71. The molecule has 0 aliphatic heterocycles. The number of anilines is 1. The number of carbonyl (C=O) groups is 2. The lowest BCUT2D eigenvalue weighted by Gasteiger charge is -2.10. The van der Waals surface area contributed by atoms with Gasteiger partial charge in [-0.3, -0.25) is 9.59 Å². The molecule has 1 aliphatic carbocycles. The van der Waals surface area contributed by atoms with Gasteiger partial charge < -0.3 is 15.2 Å². The molecule has 2 aromatic heterocycles. The van der Waals surface area contributed by atoms with Crippen LogP contribution in [-0.4, -0.2) is 22.0 Å². The third kappa shape index (κ3) is 4.32. The zero-order valence-corrected chi connectivity index (χ0v) is 17.9. The van der Waals surface area contributed by atoms with E-state index in [0.717, 1.165) is 18.4 Å². The van der Waals surface area contributed by atoms with E-state index in [1.807, 2.05) is 24.3 Å². The fourth-order valence-electron chi connectivity index (χ4n) is 3.71. The number of benzene rings is 2. The first-order valence-electron chi connectivity index (χ1n) is 10.7. The Hall–Kier alpha value is -4.07. The normalized spacial score (nSPS) is 13.2. The molecule has 0 atom stereocenters. The second-order valence-corrected chi connectivity index (χ2v) is 8.13. The molecule has 2 heterocycles. The molecule has 33 heavy (non-hydrogen) atoms. The van der Waals surface area contributed by atoms with Crippen molar-refractivity contribution in [3.63, 3.8) is 0 Å². The topological polar surface area (TPSA) is 97.1 Å². The number of amides is 2. The van der Waals surface area contributed by atoms with Gasteiger partial charge in [0.25, 0.3) is 11.6 Å². The van der Waals surface area contributed by atoms with E-state index < -0.39 is 5.82 Å². The number of carbonyl (C=O) groups excluding carboxylic acids is 2. The summed E-state index contributed by atoms with van der Waals surface area (Å²) in [7, 11) is 0. The van der Waals surface area contributed by atoms with E-state index in [0.29, 0.717) is 22.3 Å². The van der Waals surface area contributed by atoms with Crippen LogP contribution in [0.4, 0.5) is 10.1 Å². The molecule has 166 valence electrons. The molecule has 2 amide bonds. The summed E-state index contributed by atoms with van der Waals surface area (Å²) in [6.07, 6.45) is 1.86. The zero-order chi connectivity index (χ0) is 22.9. The molecule has 0 saturated heterocycles. The molecule has 1 saturated carbocycles. The first-order chi connectivity index (χ1) is 16.0. The number of fused-ring (bicyclic) bond motifs is 1. The Morgan fingerprint density at radius 3 is 2.73 bits per heavy atom. The van der Waals surface area contributed by atoms with Crippen LogP contribution in [-0.2, 0) is 11.3 Å². The molecular formula is C25H21FN4O3. The average Bonchev–Trinajstić information content (AvgIpc) is 3.61. The maximum Gasteiger partial charge on any atom is 0.259 e. The number of aryl methyl sites for hydroxylation is 1. The molecule has 4 aromatic rings. The number of rotatable bonds is 6. The van der Waals surface area contributed by atoms with Crippen LogP contribution in [0.1, 0.15) is 34.5 Å². The van der Waals surface area contributed by atoms with Gasteiger partial charge in [-0.2, -0.15) is 0 Å². The Labute approximate surface area is 189 Å². The first-order valence-corrected chi connectivity index (χ1v) is 10.7. The standard InChI is InChI=1S/C25H21FN4O3/c1-14-22-19(12-21(29-25(22)33-30-14)18-7-2-3-8-20(18)26)24(32)27-13-15-5-4-6-17(11-15)28-23(31)16-9-10-16/h2-8,11-12,16H,9-10,13H2,1H3,(H,27,32)(H,28,31). The van der Waals surface area contributed by atoms with Gasteiger partial charge >= 0.3 is 0 Å². The largest absolute Gasteiger partial charge is 0.348 e. The van der Waals surface area contributed by atoms with Crippen molar-refractivity contribution in [3.05, 3.63) is 77.2 Å². The Balaban J connectivity index is 1.40.